The highest BCUT2D eigenvalue weighted by molar-refractivity contribution is 5.93. The fourth-order valence-corrected chi connectivity index (χ4v) is 4.09. The highest BCUT2D eigenvalue weighted by Crippen LogP contribution is 2.36. The number of nitrogens with two attached hydrogens (primary N) is 2. The molecule has 1 saturated heterocycles. The third-order valence-corrected chi connectivity index (χ3v) is 5.72. The Labute approximate surface area is 185 Å². The molecule has 8 heteroatoms. The van der Waals surface area contributed by atoms with E-state index < -0.39 is 5.91 Å². The van der Waals surface area contributed by atoms with Gasteiger partial charge in [0.15, 0.2) is 0 Å². The number of rotatable bonds is 5. The Morgan fingerprint density at radius 1 is 1.06 bits per heavy atom. The predicted octanol–water partition coefficient (Wildman–Crippen LogP) is 3.26. The molecular weight excluding hydrogens is 409 g/mol. The van der Waals surface area contributed by atoms with Gasteiger partial charge in [0.25, 0.3) is 0 Å². The number of primary amides is 1. The van der Waals surface area contributed by atoms with Crippen LogP contribution in [0.3, 0.4) is 0 Å². The minimum Gasteiger partial charge on any atom is -0.368 e. The van der Waals surface area contributed by atoms with Crippen molar-refractivity contribution in [2.24, 2.45) is 5.73 Å². The van der Waals surface area contributed by atoms with Crippen LogP contribution in [0.4, 0.5) is 10.3 Å². The number of benzene rings is 2. The minimum atomic E-state index is -0.504. The predicted molar refractivity (Wildman–Crippen MR) is 119 cm³/mol. The molecule has 0 unspecified atom stereocenters. The lowest BCUT2D eigenvalue weighted by molar-refractivity contribution is -0.134. The standard InChI is InChI=1S/C24H24FN5O2/c25-18-10-4-15(5-11-18)13-21(31)30-12-2-1-3-20(30)22-19(14-28-24(27)29-22)16-6-8-17(9-7-16)23(26)32/h4-11,14,20H,1-3,12-13H2,(H2,26,32)(H2,27,28,29)/t20-/m1/s1. The van der Waals surface area contributed by atoms with E-state index >= 15 is 0 Å². The molecule has 1 aliphatic rings. The van der Waals surface area contributed by atoms with Gasteiger partial charge < -0.3 is 16.4 Å². The van der Waals surface area contributed by atoms with E-state index in [1.807, 2.05) is 4.90 Å². The smallest absolute Gasteiger partial charge is 0.248 e. The van der Waals surface area contributed by atoms with Gasteiger partial charge in [0.05, 0.1) is 18.2 Å². The second kappa shape index (κ2) is 9.13. The minimum absolute atomic E-state index is 0.0477. The summed E-state index contributed by atoms with van der Waals surface area (Å²) in [7, 11) is 0. The number of hydrogen-bond donors (Lipinski definition) is 2. The first-order valence-electron chi connectivity index (χ1n) is 10.5. The average molecular weight is 433 g/mol. The van der Waals surface area contributed by atoms with Gasteiger partial charge in [-0.2, -0.15) is 0 Å². The normalized spacial score (nSPS) is 16.0. The van der Waals surface area contributed by atoms with Crippen molar-refractivity contribution in [3.05, 3.63) is 77.4 Å². The van der Waals surface area contributed by atoms with Crippen LogP contribution in [0.25, 0.3) is 11.1 Å². The van der Waals surface area contributed by atoms with Crippen molar-refractivity contribution in [1.82, 2.24) is 14.9 Å². The number of aromatic nitrogens is 2. The molecular formula is C24H24FN5O2. The number of piperidine rings is 1. The van der Waals surface area contributed by atoms with E-state index in [2.05, 4.69) is 9.97 Å². The summed E-state index contributed by atoms with van der Waals surface area (Å²) in [5.74, 6) is -0.752. The molecule has 1 aromatic heterocycles. The number of carbonyl (C=O) groups excluding carboxylic acids is 2. The highest BCUT2D eigenvalue weighted by atomic mass is 19.1. The fraction of sp³-hybridized carbons (Fsp3) is 0.250. The van der Waals surface area contributed by atoms with Crippen LogP contribution in [0.5, 0.6) is 0 Å². The first-order chi connectivity index (χ1) is 15.4. The molecule has 32 heavy (non-hydrogen) atoms. The molecule has 0 spiro atoms. The largest absolute Gasteiger partial charge is 0.368 e. The monoisotopic (exact) mass is 433 g/mol. The molecule has 2 heterocycles. The van der Waals surface area contributed by atoms with Gasteiger partial charge in [-0.15, -0.1) is 0 Å². The van der Waals surface area contributed by atoms with Crippen LogP contribution in [0.1, 0.15) is 46.9 Å². The third-order valence-electron chi connectivity index (χ3n) is 5.72. The summed E-state index contributed by atoms with van der Waals surface area (Å²) in [5, 5.41) is 0. The summed E-state index contributed by atoms with van der Waals surface area (Å²) in [5.41, 5.74) is 14.7. The Bertz CT molecular complexity index is 1130. The van der Waals surface area contributed by atoms with Crippen molar-refractivity contribution in [3.8, 4) is 11.1 Å². The van der Waals surface area contributed by atoms with Gasteiger partial charge in [0.2, 0.25) is 17.8 Å². The van der Waals surface area contributed by atoms with Crippen molar-refractivity contribution in [3.63, 3.8) is 0 Å². The van der Waals surface area contributed by atoms with Crippen molar-refractivity contribution in [1.29, 1.82) is 0 Å². The van der Waals surface area contributed by atoms with Gasteiger partial charge in [-0.25, -0.2) is 14.4 Å². The first-order valence-corrected chi connectivity index (χ1v) is 10.5. The van der Waals surface area contributed by atoms with E-state index in [9.17, 15) is 14.0 Å². The van der Waals surface area contributed by atoms with Crippen LogP contribution in [0.2, 0.25) is 0 Å². The number of nitrogen functional groups attached to an aromatic ring is 1. The van der Waals surface area contributed by atoms with Crippen molar-refractivity contribution in [2.45, 2.75) is 31.7 Å². The molecule has 2 amide bonds. The molecule has 1 atom stereocenters. The number of halogens is 1. The van der Waals surface area contributed by atoms with Gasteiger partial charge in [0, 0.05) is 23.9 Å². The van der Waals surface area contributed by atoms with Crippen LogP contribution in [0.15, 0.2) is 54.7 Å². The molecule has 2 aromatic carbocycles. The maximum absolute atomic E-state index is 13.2. The molecule has 3 aromatic rings. The number of amides is 2. The summed E-state index contributed by atoms with van der Waals surface area (Å²) in [4.78, 5) is 35.1. The molecule has 7 nitrogen and oxygen atoms in total. The van der Waals surface area contributed by atoms with E-state index in [-0.39, 0.29) is 30.1 Å². The van der Waals surface area contributed by atoms with Gasteiger partial charge in [0.1, 0.15) is 5.82 Å². The van der Waals surface area contributed by atoms with E-state index in [0.717, 1.165) is 36.0 Å². The topological polar surface area (TPSA) is 115 Å². The zero-order valence-electron chi connectivity index (χ0n) is 17.5. The van der Waals surface area contributed by atoms with Crippen molar-refractivity contribution in [2.75, 3.05) is 12.3 Å². The Kier molecular flexibility index (Phi) is 6.11. The number of likely N-dealkylation sites (tertiary alicyclic amines) is 1. The Morgan fingerprint density at radius 2 is 1.78 bits per heavy atom. The molecule has 0 aliphatic carbocycles. The van der Waals surface area contributed by atoms with Crippen LogP contribution in [-0.2, 0) is 11.2 Å². The van der Waals surface area contributed by atoms with Crippen molar-refractivity contribution < 1.29 is 14.0 Å². The van der Waals surface area contributed by atoms with Gasteiger partial charge in [-0.3, -0.25) is 9.59 Å². The molecule has 0 bridgehead atoms. The van der Waals surface area contributed by atoms with E-state index in [0.29, 0.717) is 17.8 Å². The maximum Gasteiger partial charge on any atom is 0.248 e. The van der Waals surface area contributed by atoms with Crippen LogP contribution in [0, 0.1) is 5.82 Å². The average Bonchev–Trinajstić information content (AvgIpc) is 2.80. The second-order valence-corrected chi connectivity index (χ2v) is 7.87. The molecule has 1 aliphatic heterocycles. The van der Waals surface area contributed by atoms with Gasteiger partial charge in [-0.1, -0.05) is 24.3 Å². The summed E-state index contributed by atoms with van der Waals surface area (Å²) < 4.78 is 13.2. The van der Waals surface area contributed by atoms with Crippen LogP contribution in [-0.4, -0.2) is 33.2 Å². The lowest BCUT2D eigenvalue weighted by Gasteiger charge is -2.36. The zero-order chi connectivity index (χ0) is 22.7. The van der Waals surface area contributed by atoms with Gasteiger partial charge >= 0.3 is 0 Å². The quantitative estimate of drug-likeness (QED) is 0.641. The number of hydrogen-bond acceptors (Lipinski definition) is 5. The third kappa shape index (κ3) is 4.59. The first kappa shape index (κ1) is 21.4. The lowest BCUT2D eigenvalue weighted by atomic mass is 9.93. The van der Waals surface area contributed by atoms with Crippen LogP contribution >= 0.6 is 0 Å². The van der Waals surface area contributed by atoms with E-state index in [4.69, 9.17) is 11.5 Å². The van der Waals surface area contributed by atoms with Gasteiger partial charge in [-0.05, 0) is 54.7 Å². The lowest BCUT2D eigenvalue weighted by Crippen LogP contribution is -2.40. The number of nitrogens with zero attached hydrogens (tertiary/aromatic N) is 3. The molecule has 4 N–H and O–H groups in total. The Hall–Kier alpha value is -3.81. The molecule has 4 rings (SSSR count). The Balaban J connectivity index is 1.67. The SMILES string of the molecule is NC(=O)c1ccc(-c2cnc(N)nc2[C@H]2CCCCN2C(=O)Cc2ccc(F)cc2)cc1. The molecule has 164 valence electrons. The summed E-state index contributed by atoms with van der Waals surface area (Å²) in [6, 6.07) is 12.6. The van der Waals surface area contributed by atoms with E-state index in [1.54, 1.807) is 42.6 Å². The maximum atomic E-state index is 13.2. The second-order valence-electron chi connectivity index (χ2n) is 7.87. The van der Waals surface area contributed by atoms with E-state index in [1.165, 1.54) is 12.1 Å². The summed E-state index contributed by atoms with van der Waals surface area (Å²) >= 11 is 0. The van der Waals surface area contributed by atoms with Crippen LogP contribution < -0.4 is 11.5 Å². The summed E-state index contributed by atoms with van der Waals surface area (Å²) in [6.45, 7) is 0.606. The Morgan fingerprint density at radius 3 is 2.47 bits per heavy atom. The zero-order valence-corrected chi connectivity index (χ0v) is 17.5. The summed E-state index contributed by atoms with van der Waals surface area (Å²) in [6.07, 6.45) is 4.43. The molecule has 0 radical (unpaired) electrons. The number of anilines is 1. The number of carbonyl (C=O) groups is 2. The highest BCUT2D eigenvalue weighted by Gasteiger charge is 2.31. The van der Waals surface area contributed by atoms with Crippen molar-refractivity contribution >= 4 is 17.8 Å². The fourth-order valence-electron chi connectivity index (χ4n) is 4.09. The molecule has 0 saturated carbocycles. The molecule has 1 fully saturated rings.